The molecule has 0 saturated carbocycles. The van der Waals surface area contributed by atoms with E-state index in [2.05, 4.69) is 5.32 Å². The summed E-state index contributed by atoms with van der Waals surface area (Å²) in [6.45, 7) is -0.211. The molecule has 0 atom stereocenters. The number of rotatable bonds is 0. The van der Waals surface area contributed by atoms with E-state index >= 15 is 0 Å². The van der Waals surface area contributed by atoms with Crippen molar-refractivity contribution in [2.45, 2.75) is 6.42 Å². The molecule has 5 heteroatoms. The van der Waals surface area contributed by atoms with Crippen LogP contribution in [0.25, 0.3) is 0 Å². The second-order valence-corrected chi connectivity index (χ2v) is 1.71. The van der Waals surface area contributed by atoms with Crippen molar-refractivity contribution in [1.82, 2.24) is 10.4 Å². The van der Waals surface area contributed by atoms with Crippen LogP contribution in [-0.4, -0.2) is 23.5 Å². The number of nitrogens with zero attached hydrogens (tertiary/aromatic N) is 1. The van der Waals surface area contributed by atoms with Gasteiger partial charge in [-0.2, -0.15) is 0 Å². The van der Waals surface area contributed by atoms with Crippen LogP contribution in [0.15, 0.2) is 0 Å². The molecule has 1 fully saturated rings. The summed E-state index contributed by atoms with van der Waals surface area (Å²) < 4.78 is 0. The van der Waals surface area contributed by atoms with Crippen molar-refractivity contribution in [3.05, 3.63) is 5.21 Å². The second-order valence-electron chi connectivity index (χ2n) is 1.71. The molecule has 0 spiro atoms. The Morgan fingerprint density at radius 1 is 1.56 bits per heavy atom. The molecular weight excluding hydrogens is 124 g/mol. The Morgan fingerprint density at radius 3 is 2.67 bits per heavy atom. The zero-order chi connectivity index (χ0) is 6.85. The highest BCUT2D eigenvalue weighted by atomic mass is 16.5. The van der Waals surface area contributed by atoms with Gasteiger partial charge in [0.15, 0.2) is 0 Å². The van der Waals surface area contributed by atoms with Crippen molar-refractivity contribution in [3.8, 4) is 0 Å². The van der Waals surface area contributed by atoms with Gasteiger partial charge < -0.3 is 15.6 Å². The summed E-state index contributed by atoms with van der Waals surface area (Å²) in [6, 6.07) is 0. The third-order valence-corrected chi connectivity index (χ3v) is 1.01. The summed E-state index contributed by atoms with van der Waals surface area (Å²) in [5.74, 6) is -1.05. The average Bonchev–Trinajstić information content (AvgIpc) is 1.80. The number of amides is 2. The van der Waals surface area contributed by atoms with Gasteiger partial charge in [0.25, 0.3) is 0 Å². The molecule has 0 radical (unpaired) electrons. The molecule has 1 N–H and O–H groups in total. The van der Waals surface area contributed by atoms with Gasteiger partial charge in [0.2, 0.25) is 11.8 Å². The Morgan fingerprint density at radius 2 is 2.22 bits per heavy atom. The number of hydrogen-bond donors (Lipinski definition) is 1. The minimum atomic E-state index is -0.668. The average molecular weight is 129 g/mol. The summed E-state index contributed by atoms with van der Waals surface area (Å²) in [6.07, 6.45) is -0.316. The van der Waals surface area contributed by atoms with Crippen LogP contribution in [0.4, 0.5) is 0 Å². The molecule has 0 unspecified atom stereocenters. The van der Waals surface area contributed by atoms with E-state index in [1.807, 2.05) is 0 Å². The fourth-order valence-electron chi connectivity index (χ4n) is 0.536. The fraction of sp³-hybridized carbons (Fsp3) is 0.500. The van der Waals surface area contributed by atoms with Crippen LogP contribution in [0.3, 0.4) is 0 Å². The third-order valence-electron chi connectivity index (χ3n) is 1.01. The van der Waals surface area contributed by atoms with Gasteiger partial charge in [-0.1, -0.05) is 0 Å². The summed E-state index contributed by atoms with van der Waals surface area (Å²) in [5, 5.41) is 12.7. The second kappa shape index (κ2) is 2.02. The van der Waals surface area contributed by atoms with Gasteiger partial charge in [0, 0.05) is 0 Å². The zero-order valence-electron chi connectivity index (χ0n) is 4.59. The monoisotopic (exact) mass is 129 g/mol. The van der Waals surface area contributed by atoms with Crippen molar-refractivity contribution in [1.29, 1.82) is 0 Å². The van der Waals surface area contributed by atoms with Gasteiger partial charge in [-0.3, -0.25) is 9.59 Å². The van der Waals surface area contributed by atoms with E-state index in [-0.39, 0.29) is 24.1 Å². The molecule has 1 aliphatic heterocycles. The van der Waals surface area contributed by atoms with Gasteiger partial charge in [-0.15, -0.1) is 0 Å². The molecular formula is C4H5N2O3-. The highest BCUT2D eigenvalue weighted by Gasteiger charge is 2.15. The highest BCUT2D eigenvalue weighted by molar-refractivity contribution is 5.98. The Balaban J connectivity index is 2.54. The Labute approximate surface area is 51.2 Å². The van der Waals surface area contributed by atoms with Gasteiger partial charge in [0.1, 0.15) is 6.42 Å². The van der Waals surface area contributed by atoms with Crippen LogP contribution >= 0.6 is 0 Å². The maximum atomic E-state index is 10.4. The molecule has 2 amide bonds. The van der Waals surface area contributed by atoms with Gasteiger partial charge >= 0.3 is 0 Å². The summed E-state index contributed by atoms with van der Waals surface area (Å²) in [4.78, 5) is 20.7. The molecule has 0 aliphatic carbocycles. The first-order valence-electron chi connectivity index (χ1n) is 2.44. The molecule has 0 aromatic carbocycles. The number of nitrogens with one attached hydrogen (secondary N) is 1. The van der Waals surface area contributed by atoms with Crippen molar-refractivity contribution in [2.24, 2.45) is 0 Å². The minimum Gasteiger partial charge on any atom is -0.755 e. The van der Waals surface area contributed by atoms with Crippen molar-refractivity contribution in [3.63, 3.8) is 0 Å². The lowest BCUT2D eigenvalue weighted by molar-refractivity contribution is -0.138. The quantitative estimate of drug-likeness (QED) is 0.417. The third kappa shape index (κ3) is 1.17. The predicted molar refractivity (Wildman–Crippen MR) is 27.8 cm³/mol. The first kappa shape index (κ1) is 6.03. The Bertz CT molecular complexity index is 156. The molecule has 0 aromatic rings. The number of hydroxylamine groups is 2. The molecule has 50 valence electrons. The first-order valence-corrected chi connectivity index (χ1v) is 2.44. The summed E-state index contributed by atoms with van der Waals surface area (Å²) in [7, 11) is 0. The van der Waals surface area contributed by atoms with E-state index in [1.54, 1.807) is 0 Å². The first-order chi connectivity index (χ1) is 4.20. The number of carbonyl (C=O) groups is 2. The molecule has 9 heavy (non-hydrogen) atoms. The zero-order valence-corrected chi connectivity index (χ0v) is 4.59. The van der Waals surface area contributed by atoms with Crippen molar-refractivity contribution in [2.75, 3.05) is 6.67 Å². The minimum absolute atomic E-state index is 0.211. The molecule has 1 saturated heterocycles. The SMILES string of the molecule is O=C1CC(=O)N([O-])CN1. The van der Waals surface area contributed by atoms with Gasteiger partial charge in [-0.25, -0.2) is 0 Å². The maximum absolute atomic E-state index is 10.4. The van der Waals surface area contributed by atoms with E-state index in [0.29, 0.717) is 0 Å². The van der Waals surface area contributed by atoms with Crippen LogP contribution < -0.4 is 5.32 Å². The topological polar surface area (TPSA) is 72.5 Å². The van der Waals surface area contributed by atoms with Gasteiger partial charge in [0.05, 0.1) is 6.67 Å². The predicted octanol–water partition coefficient (Wildman–Crippen LogP) is -1.21. The molecule has 5 nitrogen and oxygen atoms in total. The number of hydrogen-bond acceptors (Lipinski definition) is 3. The molecule has 0 bridgehead atoms. The van der Waals surface area contributed by atoms with E-state index in [4.69, 9.17) is 0 Å². The number of carbonyl (C=O) groups excluding carboxylic acids is 2. The lowest BCUT2D eigenvalue weighted by atomic mass is 10.3. The highest BCUT2D eigenvalue weighted by Crippen LogP contribution is 1.95. The summed E-state index contributed by atoms with van der Waals surface area (Å²) in [5.41, 5.74) is 0. The standard InChI is InChI=1S/C4H5N2O3/c7-3-1-4(8)6(9)2-5-3/h1-2H2,(H,5,7)/q-1. The molecule has 1 aliphatic rings. The lowest BCUT2D eigenvalue weighted by Gasteiger charge is -2.31. The fourth-order valence-corrected chi connectivity index (χ4v) is 0.536. The van der Waals surface area contributed by atoms with E-state index in [1.165, 1.54) is 0 Å². The largest absolute Gasteiger partial charge is 0.755 e. The Kier molecular flexibility index (Phi) is 1.35. The van der Waals surface area contributed by atoms with Crippen LogP contribution in [0, 0.1) is 5.21 Å². The van der Waals surface area contributed by atoms with Gasteiger partial charge in [-0.05, 0) is 0 Å². The summed E-state index contributed by atoms with van der Waals surface area (Å²) >= 11 is 0. The van der Waals surface area contributed by atoms with Crippen molar-refractivity contribution < 1.29 is 9.59 Å². The van der Waals surface area contributed by atoms with E-state index in [0.717, 1.165) is 0 Å². The van der Waals surface area contributed by atoms with E-state index in [9.17, 15) is 14.8 Å². The van der Waals surface area contributed by atoms with E-state index < -0.39 is 5.91 Å². The van der Waals surface area contributed by atoms with Crippen molar-refractivity contribution >= 4 is 11.8 Å². The van der Waals surface area contributed by atoms with Crippen LogP contribution in [0.5, 0.6) is 0 Å². The Hall–Kier alpha value is -1.10. The molecule has 1 heterocycles. The van der Waals surface area contributed by atoms with Crippen LogP contribution in [0.1, 0.15) is 6.42 Å². The molecule has 0 aromatic heterocycles. The van der Waals surface area contributed by atoms with Crippen LogP contribution in [0.2, 0.25) is 0 Å². The molecule has 1 rings (SSSR count). The van der Waals surface area contributed by atoms with Crippen LogP contribution in [-0.2, 0) is 9.59 Å². The maximum Gasteiger partial charge on any atom is 0.230 e. The smallest absolute Gasteiger partial charge is 0.230 e. The normalized spacial score (nSPS) is 19.9. The lowest BCUT2D eigenvalue weighted by Crippen LogP contribution is -2.45.